The van der Waals surface area contributed by atoms with Gasteiger partial charge in [0.25, 0.3) is 15.9 Å². The lowest BCUT2D eigenvalue weighted by atomic mass is 9.85. The van der Waals surface area contributed by atoms with Gasteiger partial charge in [0.1, 0.15) is 6.61 Å². The summed E-state index contributed by atoms with van der Waals surface area (Å²) in [6.07, 6.45) is 6.72. The van der Waals surface area contributed by atoms with Crippen molar-refractivity contribution in [2.24, 2.45) is 5.92 Å². The predicted octanol–water partition coefficient (Wildman–Crippen LogP) is 5.33. The van der Waals surface area contributed by atoms with Crippen molar-refractivity contribution in [1.29, 1.82) is 0 Å². The monoisotopic (exact) mass is 534 g/mol. The number of aryl methyl sites for hydroxylation is 3. The summed E-state index contributed by atoms with van der Waals surface area (Å²) in [6.45, 7) is 5.99. The lowest BCUT2D eigenvalue weighted by Crippen LogP contribution is -2.41. The maximum Gasteiger partial charge on any atom is 0.264 e. The van der Waals surface area contributed by atoms with Gasteiger partial charge in [0.15, 0.2) is 0 Å². The Bertz CT molecular complexity index is 1450. The summed E-state index contributed by atoms with van der Waals surface area (Å²) in [6, 6.07) is 12.0. The van der Waals surface area contributed by atoms with Gasteiger partial charge in [0.05, 0.1) is 16.6 Å². The van der Waals surface area contributed by atoms with Gasteiger partial charge in [-0.1, -0.05) is 56.4 Å². The van der Waals surface area contributed by atoms with Crippen LogP contribution in [0.2, 0.25) is 0 Å². The third-order valence-corrected chi connectivity index (χ3v) is 8.87. The molecule has 1 aromatic heterocycles. The highest BCUT2D eigenvalue weighted by Crippen LogP contribution is 2.31. The molecule has 8 nitrogen and oxygen atoms in total. The maximum atomic E-state index is 13.4. The van der Waals surface area contributed by atoms with Crippen molar-refractivity contribution in [3.63, 3.8) is 0 Å². The van der Waals surface area contributed by atoms with Crippen LogP contribution < -0.4 is 14.8 Å². The number of aromatic nitrogens is 2. The Morgan fingerprint density at radius 1 is 0.947 bits per heavy atom. The average Bonchev–Trinajstić information content (AvgIpc) is 2.87. The van der Waals surface area contributed by atoms with Gasteiger partial charge in [-0.15, -0.1) is 0 Å². The van der Waals surface area contributed by atoms with Crippen molar-refractivity contribution in [3.05, 3.63) is 64.7 Å². The number of hydrogen-bond donors (Lipinski definition) is 2. The first-order chi connectivity index (χ1) is 18.2. The minimum Gasteiger partial charge on any atom is -0.475 e. The number of nitrogens with zero attached hydrogens (tertiary/aromatic N) is 2. The van der Waals surface area contributed by atoms with Gasteiger partial charge >= 0.3 is 0 Å². The topological polar surface area (TPSA) is 110 Å². The SMILES string of the molecule is Cc1ccc2cc1C(=O)N[C@H](CC1CCCCC1)COc1cc(-c3c(C)cccc3C)nc(n1)NS2(=O)=O. The first-order valence-corrected chi connectivity index (χ1v) is 14.7. The Labute approximate surface area is 224 Å². The van der Waals surface area contributed by atoms with Crippen LogP contribution in [0.15, 0.2) is 47.4 Å². The van der Waals surface area contributed by atoms with Crippen molar-refractivity contribution in [2.45, 2.75) is 70.2 Å². The third kappa shape index (κ3) is 5.67. The number of benzene rings is 2. The molecule has 1 saturated carbocycles. The Hall–Kier alpha value is -3.46. The fourth-order valence-electron chi connectivity index (χ4n) is 5.53. The smallest absolute Gasteiger partial charge is 0.264 e. The van der Waals surface area contributed by atoms with Crippen molar-refractivity contribution >= 4 is 21.9 Å². The standard InChI is InChI=1S/C29H34N4O4S/c1-18-12-13-23-15-24(18)28(34)30-22(14-21-10-5-4-6-11-21)17-37-26-16-25(27-19(2)8-7-9-20(27)3)31-29(32-26)33-38(23,35)36/h7-9,12-13,15-16,21-22H,4-6,10-11,14,17H2,1-3H3,(H,30,34)(H,31,32,33)/t22-/m1/s1. The fourth-order valence-corrected chi connectivity index (χ4v) is 6.50. The molecule has 0 spiro atoms. The van der Waals surface area contributed by atoms with Crippen molar-refractivity contribution in [2.75, 3.05) is 11.3 Å². The molecule has 38 heavy (non-hydrogen) atoms. The molecule has 1 aliphatic carbocycles. The molecular formula is C29H34N4O4S. The summed E-state index contributed by atoms with van der Waals surface area (Å²) in [4.78, 5) is 22.3. The maximum absolute atomic E-state index is 13.4. The normalized spacial score (nSPS) is 19.7. The Kier molecular flexibility index (Phi) is 7.38. The molecule has 1 fully saturated rings. The zero-order valence-corrected chi connectivity index (χ0v) is 22.9. The van der Waals surface area contributed by atoms with Crippen LogP contribution in [0.1, 0.15) is 65.6 Å². The first kappa shape index (κ1) is 26.2. The largest absolute Gasteiger partial charge is 0.475 e. The van der Waals surface area contributed by atoms with E-state index in [0.717, 1.165) is 36.0 Å². The molecule has 4 bridgehead atoms. The summed E-state index contributed by atoms with van der Waals surface area (Å²) < 4.78 is 35.3. The van der Waals surface area contributed by atoms with Gasteiger partial charge < -0.3 is 10.1 Å². The van der Waals surface area contributed by atoms with Crippen LogP contribution in [0, 0.1) is 26.7 Å². The minimum absolute atomic E-state index is 0.0279. The number of nitrogens with one attached hydrogen (secondary N) is 2. The van der Waals surface area contributed by atoms with E-state index in [9.17, 15) is 13.2 Å². The minimum atomic E-state index is -4.06. The van der Waals surface area contributed by atoms with Gasteiger partial charge in [-0.25, -0.2) is 18.1 Å². The van der Waals surface area contributed by atoms with E-state index in [1.807, 2.05) is 32.0 Å². The van der Waals surface area contributed by atoms with Gasteiger partial charge in [0, 0.05) is 17.2 Å². The van der Waals surface area contributed by atoms with Gasteiger partial charge in [0.2, 0.25) is 11.8 Å². The highest BCUT2D eigenvalue weighted by molar-refractivity contribution is 7.92. The Morgan fingerprint density at radius 2 is 1.68 bits per heavy atom. The number of carbonyl (C=O) groups is 1. The van der Waals surface area contributed by atoms with E-state index in [1.54, 1.807) is 19.1 Å². The molecule has 1 atom stereocenters. The lowest BCUT2D eigenvalue weighted by Gasteiger charge is -2.27. The van der Waals surface area contributed by atoms with E-state index in [4.69, 9.17) is 4.74 Å². The van der Waals surface area contributed by atoms with Crippen LogP contribution in [0.4, 0.5) is 5.95 Å². The Balaban J connectivity index is 1.59. The summed E-state index contributed by atoms with van der Waals surface area (Å²) in [7, 11) is -4.06. The summed E-state index contributed by atoms with van der Waals surface area (Å²) in [5, 5.41) is 3.13. The van der Waals surface area contributed by atoms with Gasteiger partial charge in [-0.05, 0) is 61.9 Å². The lowest BCUT2D eigenvalue weighted by molar-refractivity contribution is 0.0906. The van der Waals surface area contributed by atoms with Crippen LogP contribution in [0.3, 0.4) is 0 Å². The van der Waals surface area contributed by atoms with E-state index in [-0.39, 0.29) is 35.3 Å². The van der Waals surface area contributed by atoms with Crippen LogP contribution in [0.25, 0.3) is 11.3 Å². The average molecular weight is 535 g/mol. The van der Waals surface area contributed by atoms with Crippen LogP contribution in [0.5, 0.6) is 5.88 Å². The second kappa shape index (κ2) is 10.7. The Morgan fingerprint density at radius 3 is 2.42 bits per heavy atom. The number of rotatable bonds is 3. The number of anilines is 1. The highest BCUT2D eigenvalue weighted by atomic mass is 32.2. The van der Waals surface area contributed by atoms with Crippen molar-refractivity contribution in [3.8, 4) is 17.1 Å². The predicted molar refractivity (Wildman–Crippen MR) is 147 cm³/mol. The van der Waals surface area contributed by atoms with E-state index in [1.165, 1.54) is 31.4 Å². The second-order valence-corrected chi connectivity index (χ2v) is 12.2. The quantitative estimate of drug-likeness (QED) is 0.470. The van der Waals surface area contributed by atoms with E-state index < -0.39 is 10.0 Å². The van der Waals surface area contributed by atoms with Crippen LogP contribution in [-0.4, -0.2) is 36.9 Å². The number of amides is 1. The molecule has 2 N–H and O–H groups in total. The van der Waals surface area contributed by atoms with Gasteiger partial charge in [-0.3, -0.25) is 4.79 Å². The molecule has 5 rings (SSSR count). The molecule has 0 unspecified atom stereocenters. The van der Waals surface area contributed by atoms with E-state index in [0.29, 0.717) is 22.7 Å². The summed E-state index contributed by atoms with van der Waals surface area (Å²) in [5.74, 6) is 0.371. The number of carbonyl (C=O) groups excluding carboxylic acids is 1. The van der Waals surface area contributed by atoms with Crippen molar-refractivity contribution in [1.82, 2.24) is 15.3 Å². The van der Waals surface area contributed by atoms with E-state index in [2.05, 4.69) is 20.0 Å². The second-order valence-electron chi connectivity index (χ2n) is 10.5. The molecule has 9 heteroatoms. The van der Waals surface area contributed by atoms with Crippen LogP contribution >= 0.6 is 0 Å². The highest BCUT2D eigenvalue weighted by Gasteiger charge is 2.26. The number of sulfonamides is 1. The van der Waals surface area contributed by atoms with Crippen molar-refractivity contribution < 1.29 is 17.9 Å². The zero-order chi connectivity index (χ0) is 26.9. The van der Waals surface area contributed by atoms with E-state index >= 15 is 0 Å². The molecule has 1 aliphatic heterocycles. The molecule has 0 saturated heterocycles. The summed E-state index contributed by atoms with van der Waals surface area (Å²) >= 11 is 0. The zero-order valence-electron chi connectivity index (χ0n) is 22.1. The molecule has 2 heterocycles. The third-order valence-electron chi connectivity index (χ3n) is 7.54. The van der Waals surface area contributed by atoms with Gasteiger partial charge in [-0.2, -0.15) is 4.98 Å². The number of fused-ring (bicyclic) bond motifs is 4. The molecule has 2 aliphatic rings. The molecule has 0 radical (unpaired) electrons. The number of ether oxygens (including phenoxy) is 1. The fraction of sp³-hybridized carbons (Fsp3) is 0.414. The molecule has 3 aromatic rings. The molecule has 2 aromatic carbocycles. The molecule has 200 valence electrons. The van der Waals surface area contributed by atoms with Crippen LogP contribution in [-0.2, 0) is 10.0 Å². The summed E-state index contributed by atoms with van der Waals surface area (Å²) in [5.41, 5.74) is 4.50. The first-order valence-electron chi connectivity index (χ1n) is 13.2. The number of hydrogen-bond acceptors (Lipinski definition) is 6. The molecular weight excluding hydrogens is 500 g/mol. The molecule has 1 amide bonds.